The lowest BCUT2D eigenvalue weighted by atomic mass is 10.2. The maximum atomic E-state index is 12.4. The zero-order valence-corrected chi connectivity index (χ0v) is 15.1. The van der Waals surface area contributed by atoms with Crippen LogP contribution in [-0.4, -0.2) is 35.8 Å². The average molecular weight is 347 g/mol. The number of hydrogen-bond acceptors (Lipinski definition) is 5. The smallest absolute Gasteiger partial charge is 0.341 e. The number of aromatic nitrogens is 1. The Bertz CT molecular complexity index is 792. The van der Waals surface area contributed by atoms with E-state index in [-0.39, 0.29) is 5.97 Å². The van der Waals surface area contributed by atoms with Crippen molar-refractivity contribution in [2.45, 2.75) is 25.7 Å². The van der Waals surface area contributed by atoms with Crippen molar-refractivity contribution in [3.8, 4) is 0 Å². The molecule has 0 bridgehead atoms. The Morgan fingerprint density at radius 2 is 1.96 bits per heavy atom. The summed E-state index contributed by atoms with van der Waals surface area (Å²) in [5, 5.41) is 0. The minimum absolute atomic E-state index is 0.309. The Morgan fingerprint density at radius 1 is 1.25 bits per heavy atom. The van der Waals surface area contributed by atoms with E-state index in [2.05, 4.69) is 0 Å². The van der Waals surface area contributed by atoms with E-state index in [1.807, 2.05) is 35.9 Å². The standard InChI is InChI=1S/C18H21NO4S/c1-5-22-15(20)8-7-13-17(24-4)16(18(21)23-6-2)14-11-12(3)9-10-19(13)14/h7-11H,5-6H2,1-4H3/b8-7+. The van der Waals surface area contributed by atoms with E-state index in [0.717, 1.165) is 21.7 Å². The lowest BCUT2D eigenvalue weighted by molar-refractivity contribution is -0.137. The Hall–Kier alpha value is -2.21. The maximum absolute atomic E-state index is 12.4. The van der Waals surface area contributed by atoms with Gasteiger partial charge in [-0.3, -0.25) is 0 Å². The Morgan fingerprint density at radius 3 is 2.58 bits per heavy atom. The fourth-order valence-electron chi connectivity index (χ4n) is 2.46. The average Bonchev–Trinajstić information content (AvgIpc) is 2.86. The molecule has 0 fully saturated rings. The first-order valence-corrected chi connectivity index (χ1v) is 8.96. The molecule has 5 nitrogen and oxygen atoms in total. The molecular weight excluding hydrogens is 326 g/mol. The van der Waals surface area contributed by atoms with E-state index in [1.165, 1.54) is 17.8 Å². The summed E-state index contributed by atoms with van der Waals surface area (Å²) < 4.78 is 12.0. The molecule has 0 amide bonds. The first-order chi connectivity index (χ1) is 11.5. The summed E-state index contributed by atoms with van der Waals surface area (Å²) in [7, 11) is 0. The normalized spacial score (nSPS) is 11.2. The summed E-state index contributed by atoms with van der Waals surface area (Å²) in [6.07, 6.45) is 6.83. The third-order valence-corrected chi connectivity index (χ3v) is 4.25. The van der Waals surface area contributed by atoms with Crippen LogP contribution in [0.2, 0.25) is 0 Å². The molecule has 0 aliphatic heterocycles. The van der Waals surface area contributed by atoms with Gasteiger partial charge in [0.05, 0.1) is 30.0 Å². The highest BCUT2D eigenvalue weighted by Gasteiger charge is 2.23. The number of aryl methyl sites for hydroxylation is 1. The summed E-state index contributed by atoms with van der Waals surface area (Å²) in [6.45, 7) is 6.13. The molecule has 2 aromatic rings. The number of hydrogen-bond donors (Lipinski definition) is 0. The lowest BCUT2D eigenvalue weighted by Gasteiger charge is -2.03. The summed E-state index contributed by atoms with van der Waals surface area (Å²) in [4.78, 5) is 24.8. The molecule has 2 heterocycles. The molecule has 0 saturated carbocycles. The van der Waals surface area contributed by atoms with Crippen molar-refractivity contribution in [2.75, 3.05) is 19.5 Å². The van der Waals surface area contributed by atoms with Gasteiger partial charge in [0, 0.05) is 17.2 Å². The second-order valence-electron chi connectivity index (χ2n) is 5.06. The van der Waals surface area contributed by atoms with Gasteiger partial charge in [0.15, 0.2) is 0 Å². The van der Waals surface area contributed by atoms with Gasteiger partial charge in [-0.15, -0.1) is 11.8 Å². The number of ether oxygens (including phenoxy) is 2. The van der Waals surface area contributed by atoms with Crippen molar-refractivity contribution in [3.63, 3.8) is 0 Å². The van der Waals surface area contributed by atoms with Gasteiger partial charge in [0.25, 0.3) is 0 Å². The van der Waals surface area contributed by atoms with Crippen molar-refractivity contribution in [1.82, 2.24) is 4.40 Å². The van der Waals surface area contributed by atoms with Crippen LogP contribution in [0.4, 0.5) is 0 Å². The third-order valence-electron chi connectivity index (χ3n) is 3.43. The number of carbonyl (C=O) groups is 2. The summed E-state index contributed by atoms with van der Waals surface area (Å²) >= 11 is 1.45. The fourth-order valence-corrected chi connectivity index (χ4v) is 3.23. The minimum atomic E-state index is -0.413. The molecule has 0 N–H and O–H groups in total. The zero-order valence-electron chi connectivity index (χ0n) is 14.3. The predicted octanol–water partition coefficient (Wildman–Crippen LogP) is 3.72. The highest BCUT2D eigenvalue weighted by molar-refractivity contribution is 7.98. The molecule has 2 rings (SSSR count). The minimum Gasteiger partial charge on any atom is -0.463 e. The predicted molar refractivity (Wildman–Crippen MR) is 95.5 cm³/mol. The van der Waals surface area contributed by atoms with E-state index in [0.29, 0.717) is 18.8 Å². The van der Waals surface area contributed by atoms with Crippen LogP contribution in [0.5, 0.6) is 0 Å². The molecule has 128 valence electrons. The lowest BCUT2D eigenvalue weighted by Crippen LogP contribution is -2.05. The van der Waals surface area contributed by atoms with Gasteiger partial charge in [0.1, 0.15) is 0 Å². The van der Waals surface area contributed by atoms with E-state index in [1.54, 1.807) is 19.9 Å². The van der Waals surface area contributed by atoms with Crippen LogP contribution in [0.15, 0.2) is 29.3 Å². The van der Waals surface area contributed by atoms with Crippen LogP contribution in [-0.2, 0) is 14.3 Å². The van der Waals surface area contributed by atoms with Crippen LogP contribution >= 0.6 is 11.8 Å². The van der Waals surface area contributed by atoms with Crippen molar-refractivity contribution >= 4 is 35.3 Å². The van der Waals surface area contributed by atoms with Gasteiger partial charge in [0.2, 0.25) is 0 Å². The highest BCUT2D eigenvalue weighted by Crippen LogP contribution is 2.33. The monoisotopic (exact) mass is 347 g/mol. The Labute approximate surface area is 145 Å². The molecule has 0 radical (unpaired) electrons. The SMILES string of the molecule is CCOC(=O)/C=C/c1c(SC)c(C(=O)OCC)c2cc(C)ccn12. The van der Waals surface area contributed by atoms with Gasteiger partial charge in [-0.1, -0.05) is 0 Å². The van der Waals surface area contributed by atoms with Gasteiger partial charge >= 0.3 is 11.9 Å². The van der Waals surface area contributed by atoms with Crippen LogP contribution in [0.3, 0.4) is 0 Å². The molecule has 24 heavy (non-hydrogen) atoms. The van der Waals surface area contributed by atoms with Gasteiger partial charge in [-0.25, -0.2) is 9.59 Å². The maximum Gasteiger partial charge on any atom is 0.341 e. The number of carbonyl (C=O) groups excluding carboxylic acids is 2. The second-order valence-corrected chi connectivity index (χ2v) is 5.88. The first-order valence-electron chi connectivity index (χ1n) is 7.74. The summed E-state index contributed by atoms with van der Waals surface area (Å²) in [5.41, 5.74) is 3.09. The number of pyridine rings is 1. The molecule has 0 aliphatic rings. The van der Waals surface area contributed by atoms with Crippen molar-refractivity contribution in [3.05, 3.63) is 41.2 Å². The van der Waals surface area contributed by atoms with Crippen molar-refractivity contribution in [2.24, 2.45) is 0 Å². The Kier molecular flexibility index (Phi) is 6.09. The highest BCUT2D eigenvalue weighted by atomic mass is 32.2. The molecule has 0 spiro atoms. The quantitative estimate of drug-likeness (QED) is 0.453. The Balaban J connectivity index is 2.65. The zero-order chi connectivity index (χ0) is 17.7. The number of thioether (sulfide) groups is 1. The number of nitrogens with zero attached hydrogens (tertiary/aromatic N) is 1. The first kappa shape index (κ1) is 18.1. The van der Waals surface area contributed by atoms with Crippen molar-refractivity contribution < 1.29 is 19.1 Å². The summed E-state index contributed by atoms with van der Waals surface area (Å²) in [5.74, 6) is -0.773. The van der Waals surface area contributed by atoms with Crippen LogP contribution in [0, 0.1) is 6.92 Å². The van der Waals surface area contributed by atoms with Gasteiger partial charge in [-0.05, 0) is 50.8 Å². The second kappa shape index (κ2) is 8.06. The van der Waals surface area contributed by atoms with Gasteiger partial charge in [-0.2, -0.15) is 0 Å². The molecule has 0 unspecified atom stereocenters. The van der Waals surface area contributed by atoms with E-state index >= 15 is 0 Å². The van der Waals surface area contributed by atoms with Crippen LogP contribution in [0.25, 0.3) is 11.6 Å². The van der Waals surface area contributed by atoms with Crippen LogP contribution < -0.4 is 0 Å². The molecule has 6 heteroatoms. The number of esters is 2. The van der Waals surface area contributed by atoms with E-state index < -0.39 is 5.97 Å². The van der Waals surface area contributed by atoms with E-state index in [9.17, 15) is 9.59 Å². The fraction of sp³-hybridized carbons (Fsp3) is 0.333. The number of fused-ring (bicyclic) bond motifs is 1. The molecule has 0 aromatic carbocycles. The van der Waals surface area contributed by atoms with Crippen LogP contribution in [0.1, 0.15) is 35.5 Å². The number of rotatable bonds is 6. The van der Waals surface area contributed by atoms with Gasteiger partial charge < -0.3 is 13.9 Å². The summed E-state index contributed by atoms with van der Waals surface area (Å²) in [6, 6.07) is 3.89. The topological polar surface area (TPSA) is 57.0 Å². The largest absolute Gasteiger partial charge is 0.463 e. The molecule has 2 aromatic heterocycles. The molecular formula is C18H21NO4S. The molecule has 0 saturated heterocycles. The third kappa shape index (κ3) is 3.64. The molecule has 0 aliphatic carbocycles. The van der Waals surface area contributed by atoms with Crippen molar-refractivity contribution in [1.29, 1.82) is 0 Å². The molecule has 0 atom stereocenters. The van der Waals surface area contributed by atoms with E-state index in [4.69, 9.17) is 9.47 Å².